The molecule has 1 atom stereocenters. The molecular weight excluding hydrogens is 526 g/mol. The highest BCUT2D eigenvalue weighted by Crippen LogP contribution is 2.44. The summed E-state index contributed by atoms with van der Waals surface area (Å²) in [6.45, 7) is 5.13. The fraction of sp³-hybridized carbons (Fsp3) is 0.312. The molecule has 0 saturated heterocycles. The zero-order valence-corrected chi connectivity index (χ0v) is 23.2. The molecule has 0 heterocycles. The van der Waals surface area contributed by atoms with E-state index in [2.05, 4.69) is 5.32 Å². The van der Waals surface area contributed by atoms with Gasteiger partial charge in [-0.25, -0.2) is 14.4 Å². The number of carbonyl (C=O) groups excluding carboxylic acids is 3. The van der Waals surface area contributed by atoms with E-state index in [0.29, 0.717) is 5.56 Å². The van der Waals surface area contributed by atoms with Crippen LogP contribution in [0.2, 0.25) is 0 Å². The molecule has 1 aliphatic carbocycles. The van der Waals surface area contributed by atoms with Gasteiger partial charge in [-0.15, -0.1) is 0 Å². The second-order valence-electron chi connectivity index (χ2n) is 10.8. The van der Waals surface area contributed by atoms with E-state index in [-0.39, 0.29) is 37.5 Å². The molecule has 3 aromatic carbocycles. The maximum Gasteiger partial charge on any atom is 0.407 e. The SMILES string of the molecule is CC(C)(C)OC(=O)CC[C@H](NC(=O)OCC1c2ccccc2-c2ccccc21)C(=O)OCc1ccc(C(=O)O)cc1. The minimum absolute atomic E-state index is 0.0591. The number of benzene rings is 3. The quantitative estimate of drug-likeness (QED) is 0.248. The summed E-state index contributed by atoms with van der Waals surface area (Å²) in [5.74, 6) is -2.50. The molecule has 0 fully saturated rings. The number of carboxylic acid groups (broad SMARTS) is 1. The van der Waals surface area contributed by atoms with Gasteiger partial charge in [0.05, 0.1) is 5.56 Å². The highest BCUT2D eigenvalue weighted by molar-refractivity contribution is 5.87. The number of carbonyl (C=O) groups is 4. The van der Waals surface area contributed by atoms with Crippen molar-refractivity contribution >= 4 is 24.0 Å². The zero-order valence-electron chi connectivity index (χ0n) is 23.2. The van der Waals surface area contributed by atoms with Gasteiger partial charge < -0.3 is 24.6 Å². The topological polar surface area (TPSA) is 128 Å². The first-order chi connectivity index (χ1) is 19.5. The summed E-state index contributed by atoms with van der Waals surface area (Å²) in [7, 11) is 0. The predicted molar refractivity (Wildman–Crippen MR) is 150 cm³/mol. The molecule has 0 bridgehead atoms. The number of rotatable bonds is 10. The van der Waals surface area contributed by atoms with E-state index in [4.69, 9.17) is 19.3 Å². The first-order valence-electron chi connectivity index (χ1n) is 13.3. The number of nitrogens with one attached hydrogen (secondary N) is 1. The third kappa shape index (κ3) is 7.72. The molecule has 2 N–H and O–H groups in total. The van der Waals surface area contributed by atoms with Crippen LogP contribution in [-0.2, 0) is 30.4 Å². The molecule has 0 spiro atoms. The first-order valence-corrected chi connectivity index (χ1v) is 13.3. The van der Waals surface area contributed by atoms with E-state index in [1.54, 1.807) is 20.8 Å². The third-order valence-electron chi connectivity index (χ3n) is 6.56. The molecule has 214 valence electrons. The Morgan fingerprint density at radius 1 is 0.854 bits per heavy atom. The number of amides is 1. The highest BCUT2D eigenvalue weighted by atomic mass is 16.6. The van der Waals surface area contributed by atoms with E-state index >= 15 is 0 Å². The maximum atomic E-state index is 13.0. The van der Waals surface area contributed by atoms with Crippen LogP contribution in [0, 0.1) is 0 Å². The average Bonchev–Trinajstić information content (AvgIpc) is 3.25. The van der Waals surface area contributed by atoms with Gasteiger partial charge in [0.1, 0.15) is 24.9 Å². The van der Waals surface area contributed by atoms with Crippen LogP contribution >= 0.6 is 0 Å². The Balaban J connectivity index is 1.40. The molecule has 9 nitrogen and oxygen atoms in total. The lowest BCUT2D eigenvalue weighted by Crippen LogP contribution is -2.43. The molecule has 3 aromatic rings. The third-order valence-corrected chi connectivity index (χ3v) is 6.56. The molecule has 1 amide bonds. The molecular formula is C32H33NO8. The summed E-state index contributed by atoms with van der Waals surface area (Å²) in [4.78, 5) is 49.2. The van der Waals surface area contributed by atoms with E-state index in [1.165, 1.54) is 24.3 Å². The number of fused-ring (bicyclic) bond motifs is 3. The molecule has 9 heteroatoms. The molecule has 0 unspecified atom stereocenters. The van der Waals surface area contributed by atoms with Crippen molar-refractivity contribution in [2.45, 2.75) is 57.8 Å². The van der Waals surface area contributed by atoms with Gasteiger partial charge in [-0.05, 0) is 67.1 Å². The summed E-state index contributed by atoms with van der Waals surface area (Å²) in [6.07, 6.45) is -1.01. The predicted octanol–water partition coefficient (Wildman–Crippen LogP) is 5.46. The van der Waals surface area contributed by atoms with Crippen molar-refractivity contribution in [1.82, 2.24) is 5.32 Å². The molecule has 1 aliphatic rings. The van der Waals surface area contributed by atoms with Crippen molar-refractivity contribution in [3.8, 4) is 11.1 Å². The van der Waals surface area contributed by atoms with Crippen molar-refractivity contribution in [2.75, 3.05) is 6.61 Å². The maximum absolute atomic E-state index is 13.0. The highest BCUT2D eigenvalue weighted by Gasteiger charge is 2.30. The van der Waals surface area contributed by atoms with Gasteiger partial charge in [0.25, 0.3) is 0 Å². The number of aromatic carboxylic acids is 1. The lowest BCUT2D eigenvalue weighted by Gasteiger charge is -2.21. The van der Waals surface area contributed by atoms with Gasteiger partial charge in [-0.2, -0.15) is 0 Å². The Labute approximate surface area is 238 Å². The van der Waals surface area contributed by atoms with Crippen molar-refractivity contribution in [1.29, 1.82) is 0 Å². The molecule has 0 radical (unpaired) electrons. The van der Waals surface area contributed by atoms with Crippen molar-refractivity contribution in [3.63, 3.8) is 0 Å². The van der Waals surface area contributed by atoms with Crippen LogP contribution in [0.4, 0.5) is 4.79 Å². The number of hydrogen-bond donors (Lipinski definition) is 2. The van der Waals surface area contributed by atoms with Crippen LogP contribution < -0.4 is 5.32 Å². The Hall–Kier alpha value is -4.66. The van der Waals surface area contributed by atoms with Crippen LogP contribution in [0.1, 0.15) is 66.6 Å². The summed E-state index contributed by atoms with van der Waals surface area (Å²) < 4.78 is 16.3. The van der Waals surface area contributed by atoms with Gasteiger partial charge in [0.2, 0.25) is 0 Å². The van der Waals surface area contributed by atoms with Crippen LogP contribution in [0.3, 0.4) is 0 Å². The number of carboxylic acids is 1. The minimum atomic E-state index is -1.17. The van der Waals surface area contributed by atoms with Crippen molar-refractivity contribution < 1.29 is 38.5 Å². The van der Waals surface area contributed by atoms with E-state index in [0.717, 1.165) is 22.3 Å². The average molecular weight is 560 g/mol. The van der Waals surface area contributed by atoms with Crippen LogP contribution in [0.5, 0.6) is 0 Å². The van der Waals surface area contributed by atoms with Gasteiger partial charge in [-0.1, -0.05) is 60.7 Å². The van der Waals surface area contributed by atoms with Gasteiger partial charge in [-0.3, -0.25) is 4.79 Å². The Bertz CT molecular complexity index is 1380. The summed E-state index contributed by atoms with van der Waals surface area (Å²) in [5.41, 5.74) is 4.25. The molecule has 41 heavy (non-hydrogen) atoms. The molecule has 0 aromatic heterocycles. The zero-order chi connectivity index (χ0) is 29.6. The van der Waals surface area contributed by atoms with Gasteiger partial charge in [0.15, 0.2) is 0 Å². The standard InChI is InChI=1S/C32H33NO8/c1-32(2,3)41-28(34)17-16-27(30(37)39-18-20-12-14-21(15-13-20)29(35)36)33-31(38)40-19-26-24-10-6-4-8-22(24)23-9-5-7-11-25(23)26/h4-15,26-27H,16-19H2,1-3H3,(H,33,38)(H,35,36)/t27-/m0/s1. The fourth-order valence-corrected chi connectivity index (χ4v) is 4.68. The summed E-state index contributed by atoms with van der Waals surface area (Å²) in [6, 6.07) is 20.6. The summed E-state index contributed by atoms with van der Waals surface area (Å²) in [5, 5.41) is 11.6. The monoisotopic (exact) mass is 559 g/mol. The van der Waals surface area contributed by atoms with Crippen LogP contribution in [-0.4, -0.2) is 47.4 Å². The smallest absolute Gasteiger partial charge is 0.407 e. The first kappa shape index (κ1) is 29.3. The fourth-order valence-electron chi connectivity index (χ4n) is 4.68. The Morgan fingerprint density at radius 3 is 2.00 bits per heavy atom. The number of esters is 2. The van der Waals surface area contributed by atoms with Crippen LogP contribution in [0.15, 0.2) is 72.8 Å². The van der Waals surface area contributed by atoms with E-state index in [1.807, 2.05) is 48.5 Å². The second-order valence-corrected chi connectivity index (χ2v) is 10.8. The van der Waals surface area contributed by atoms with Gasteiger partial charge in [0, 0.05) is 12.3 Å². The number of ether oxygens (including phenoxy) is 3. The molecule has 4 rings (SSSR count). The van der Waals surface area contributed by atoms with Crippen molar-refractivity contribution in [3.05, 3.63) is 95.1 Å². The van der Waals surface area contributed by atoms with E-state index in [9.17, 15) is 19.2 Å². The Kier molecular flexibility index (Phi) is 9.07. The van der Waals surface area contributed by atoms with Gasteiger partial charge >= 0.3 is 24.0 Å². The number of alkyl carbamates (subject to hydrolysis) is 1. The van der Waals surface area contributed by atoms with Crippen molar-refractivity contribution in [2.24, 2.45) is 0 Å². The minimum Gasteiger partial charge on any atom is -0.478 e. The lowest BCUT2D eigenvalue weighted by molar-refractivity contribution is -0.155. The lowest BCUT2D eigenvalue weighted by atomic mass is 9.98. The second kappa shape index (κ2) is 12.7. The van der Waals surface area contributed by atoms with Crippen LogP contribution in [0.25, 0.3) is 11.1 Å². The Morgan fingerprint density at radius 2 is 1.44 bits per heavy atom. The molecule has 0 aliphatic heterocycles. The normalized spacial score (nSPS) is 13.0. The largest absolute Gasteiger partial charge is 0.478 e. The van der Waals surface area contributed by atoms with E-state index < -0.39 is 35.6 Å². The molecule has 0 saturated carbocycles. The summed E-state index contributed by atoms with van der Waals surface area (Å²) >= 11 is 0. The number of hydrogen-bond acceptors (Lipinski definition) is 7.